The lowest BCUT2D eigenvalue weighted by Gasteiger charge is -2.16. The number of carbonyl (C=O) groups excluding carboxylic acids is 2. The van der Waals surface area contributed by atoms with Crippen molar-refractivity contribution in [3.8, 4) is 0 Å². The fourth-order valence-electron chi connectivity index (χ4n) is 2.18. The van der Waals surface area contributed by atoms with E-state index in [0.29, 0.717) is 11.4 Å². The zero-order valence-electron chi connectivity index (χ0n) is 14.1. The summed E-state index contributed by atoms with van der Waals surface area (Å²) >= 11 is 0. The molecule has 1 atom stereocenters. The fourth-order valence-corrected chi connectivity index (χ4v) is 2.69. The molecule has 1 unspecified atom stereocenters. The number of hydrogen-bond acceptors (Lipinski definition) is 5. The molecule has 138 valence electrons. The molecule has 0 saturated heterocycles. The van der Waals surface area contributed by atoms with Gasteiger partial charge in [0, 0.05) is 11.4 Å². The number of nitrogens with one attached hydrogen (secondary N) is 2. The third-order valence-corrected chi connectivity index (χ3v) is 4.50. The van der Waals surface area contributed by atoms with Gasteiger partial charge in [0.2, 0.25) is 15.9 Å². The number of Topliss-reactive ketones (excluding diaryl/α,β-unsaturated/α-hetero) is 1. The van der Waals surface area contributed by atoms with Crippen LogP contribution in [-0.2, 0) is 14.8 Å². The molecule has 0 radical (unpaired) electrons. The maximum atomic E-state index is 13.5. The Kier molecular flexibility index (Phi) is 5.73. The standard InChI is InChI=1S/C17H18FN3O4S/c1-10(20-13-5-8-16(18)15(9-13)11(2)22)17(23)21-12-3-6-14(7-4-12)26(19,24)25/h3-10,20H,1-2H3,(H,21,23)(H2,19,24,25). The van der Waals surface area contributed by atoms with Gasteiger partial charge in [0.1, 0.15) is 11.9 Å². The lowest BCUT2D eigenvalue weighted by atomic mass is 10.1. The number of carbonyl (C=O) groups is 2. The summed E-state index contributed by atoms with van der Waals surface area (Å²) in [4.78, 5) is 23.5. The number of rotatable bonds is 6. The van der Waals surface area contributed by atoms with E-state index in [0.717, 1.165) is 6.07 Å². The average molecular weight is 379 g/mol. The van der Waals surface area contributed by atoms with Crippen molar-refractivity contribution in [2.24, 2.45) is 5.14 Å². The molecule has 0 aromatic heterocycles. The van der Waals surface area contributed by atoms with E-state index in [2.05, 4.69) is 10.6 Å². The van der Waals surface area contributed by atoms with Gasteiger partial charge in [0.05, 0.1) is 10.5 Å². The molecular weight excluding hydrogens is 361 g/mol. The quantitative estimate of drug-likeness (QED) is 0.664. The van der Waals surface area contributed by atoms with E-state index in [1.165, 1.54) is 43.3 Å². The van der Waals surface area contributed by atoms with Crippen LogP contribution in [0.25, 0.3) is 0 Å². The highest BCUT2D eigenvalue weighted by atomic mass is 32.2. The molecule has 1 amide bonds. The Hall–Kier alpha value is -2.78. The molecule has 0 aliphatic rings. The first-order valence-electron chi connectivity index (χ1n) is 7.58. The minimum Gasteiger partial charge on any atom is -0.374 e. The van der Waals surface area contributed by atoms with Gasteiger partial charge in [-0.3, -0.25) is 9.59 Å². The Labute approximate surface area is 150 Å². The number of amides is 1. The zero-order valence-corrected chi connectivity index (χ0v) is 14.9. The predicted molar refractivity (Wildman–Crippen MR) is 95.9 cm³/mol. The molecule has 9 heteroatoms. The summed E-state index contributed by atoms with van der Waals surface area (Å²) in [7, 11) is -3.80. The average Bonchev–Trinajstić information content (AvgIpc) is 2.56. The second-order valence-electron chi connectivity index (χ2n) is 5.68. The van der Waals surface area contributed by atoms with E-state index >= 15 is 0 Å². The lowest BCUT2D eigenvalue weighted by molar-refractivity contribution is -0.116. The largest absolute Gasteiger partial charge is 0.374 e. The van der Waals surface area contributed by atoms with Crippen LogP contribution in [0.4, 0.5) is 15.8 Å². The highest BCUT2D eigenvalue weighted by Crippen LogP contribution is 2.17. The van der Waals surface area contributed by atoms with Crippen LogP contribution in [0.15, 0.2) is 47.4 Å². The number of halogens is 1. The third-order valence-electron chi connectivity index (χ3n) is 3.57. The van der Waals surface area contributed by atoms with Crippen molar-refractivity contribution in [2.75, 3.05) is 10.6 Å². The molecule has 0 bridgehead atoms. The van der Waals surface area contributed by atoms with Gasteiger partial charge in [-0.25, -0.2) is 17.9 Å². The molecule has 0 fully saturated rings. The van der Waals surface area contributed by atoms with Crippen molar-refractivity contribution in [3.63, 3.8) is 0 Å². The van der Waals surface area contributed by atoms with Gasteiger partial charge in [0.15, 0.2) is 5.78 Å². The second kappa shape index (κ2) is 7.63. The minimum absolute atomic E-state index is 0.0650. The fraction of sp³-hybridized carbons (Fsp3) is 0.176. The van der Waals surface area contributed by atoms with E-state index < -0.39 is 33.6 Å². The van der Waals surface area contributed by atoms with Crippen molar-refractivity contribution in [1.82, 2.24) is 0 Å². The van der Waals surface area contributed by atoms with Crippen LogP contribution in [0.1, 0.15) is 24.2 Å². The summed E-state index contributed by atoms with van der Waals surface area (Å²) < 4.78 is 36.0. The molecule has 0 spiro atoms. The molecule has 2 aromatic rings. The Morgan fingerprint density at radius 3 is 2.19 bits per heavy atom. The SMILES string of the molecule is CC(=O)c1cc(NC(C)C(=O)Nc2ccc(S(N)(=O)=O)cc2)ccc1F. The summed E-state index contributed by atoms with van der Waals surface area (Å²) in [5.74, 6) is -1.45. The first kappa shape index (κ1) is 19.5. The monoisotopic (exact) mass is 379 g/mol. The summed E-state index contributed by atoms with van der Waals surface area (Å²) in [5, 5.41) is 10.5. The molecule has 4 N–H and O–H groups in total. The molecule has 0 aliphatic heterocycles. The Morgan fingerprint density at radius 1 is 1.08 bits per heavy atom. The van der Waals surface area contributed by atoms with E-state index in [-0.39, 0.29) is 10.5 Å². The molecular formula is C17H18FN3O4S. The van der Waals surface area contributed by atoms with Crippen LogP contribution < -0.4 is 15.8 Å². The Morgan fingerprint density at radius 2 is 1.65 bits per heavy atom. The van der Waals surface area contributed by atoms with Gasteiger partial charge in [-0.1, -0.05) is 0 Å². The molecule has 2 rings (SSSR count). The van der Waals surface area contributed by atoms with E-state index in [1.54, 1.807) is 6.92 Å². The van der Waals surface area contributed by atoms with Gasteiger partial charge in [-0.05, 0) is 56.3 Å². The van der Waals surface area contributed by atoms with Crippen molar-refractivity contribution >= 4 is 33.1 Å². The lowest BCUT2D eigenvalue weighted by Crippen LogP contribution is -2.32. The number of primary sulfonamides is 1. The molecule has 7 nitrogen and oxygen atoms in total. The van der Waals surface area contributed by atoms with Crippen molar-refractivity contribution in [3.05, 3.63) is 53.8 Å². The second-order valence-corrected chi connectivity index (χ2v) is 7.24. The van der Waals surface area contributed by atoms with Crippen LogP contribution in [-0.4, -0.2) is 26.2 Å². The third kappa shape index (κ3) is 4.87. The topological polar surface area (TPSA) is 118 Å². The van der Waals surface area contributed by atoms with Crippen molar-refractivity contribution in [1.29, 1.82) is 0 Å². The van der Waals surface area contributed by atoms with Crippen LogP contribution in [0.3, 0.4) is 0 Å². The minimum atomic E-state index is -3.80. The van der Waals surface area contributed by atoms with Gasteiger partial charge < -0.3 is 10.6 Å². The highest BCUT2D eigenvalue weighted by molar-refractivity contribution is 7.89. The van der Waals surface area contributed by atoms with Gasteiger partial charge >= 0.3 is 0 Å². The first-order chi connectivity index (χ1) is 12.1. The number of anilines is 2. The molecule has 0 aliphatic carbocycles. The molecule has 0 saturated carbocycles. The molecule has 2 aromatic carbocycles. The maximum Gasteiger partial charge on any atom is 0.246 e. The summed E-state index contributed by atoms with van der Waals surface area (Å²) in [6.07, 6.45) is 0. The summed E-state index contributed by atoms with van der Waals surface area (Å²) in [6.45, 7) is 2.84. The van der Waals surface area contributed by atoms with E-state index in [1.807, 2.05) is 0 Å². The van der Waals surface area contributed by atoms with Gasteiger partial charge in [-0.2, -0.15) is 0 Å². The van der Waals surface area contributed by atoms with E-state index in [9.17, 15) is 22.4 Å². The van der Waals surface area contributed by atoms with Crippen molar-refractivity contribution in [2.45, 2.75) is 24.8 Å². The number of nitrogens with two attached hydrogens (primary N) is 1. The van der Waals surface area contributed by atoms with Gasteiger partial charge in [-0.15, -0.1) is 0 Å². The predicted octanol–water partition coefficient (Wildman–Crippen LogP) is 2.11. The zero-order chi connectivity index (χ0) is 19.5. The van der Waals surface area contributed by atoms with Crippen LogP contribution >= 0.6 is 0 Å². The molecule has 0 heterocycles. The Bertz CT molecular complexity index is 943. The van der Waals surface area contributed by atoms with Crippen LogP contribution in [0.2, 0.25) is 0 Å². The highest BCUT2D eigenvalue weighted by Gasteiger charge is 2.15. The number of sulfonamides is 1. The number of ketones is 1. The normalized spacial score (nSPS) is 12.3. The number of hydrogen-bond donors (Lipinski definition) is 3. The maximum absolute atomic E-state index is 13.5. The van der Waals surface area contributed by atoms with Gasteiger partial charge in [0.25, 0.3) is 0 Å². The van der Waals surface area contributed by atoms with Crippen LogP contribution in [0, 0.1) is 5.82 Å². The Balaban J connectivity index is 2.06. The number of benzene rings is 2. The summed E-state index contributed by atoms with van der Waals surface area (Å²) in [5.41, 5.74) is 0.740. The smallest absolute Gasteiger partial charge is 0.246 e. The molecule has 26 heavy (non-hydrogen) atoms. The first-order valence-corrected chi connectivity index (χ1v) is 9.13. The van der Waals surface area contributed by atoms with Crippen molar-refractivity contribution < 1.29 is 22.4 Å². The van der Waals surface area contributed by atoms with Crippen LogP contribution in [0.5, 0.6) is 0 Å². The summed E-state index contributed by atoms with van der Waals surface area (Å²) in [6, 6.07) is 8.60. The van der Waals surface area contributed by atoms with E-state index in [4.69, 9.17) is 5.14 Å².